The third kappa shape index (κ3) is 4.07. The topological polar surface area (TPSA) is 76.2 Å². The number of ether oxygens (including phenoxy) is 1. The number of carbonyl (C=O) groups excluding carboxylic acids is 1. The highest BCUT2D eigenvalue weighted by molar-refractivity contribution is 6.30. The Morgan fingerprint density at radius 3 is 2.22 bits per heavy atom. The van der Waals surface area contributed by atoms with Gasteiger partial charge in [0, 0.05) is 26.8 Å². The van der Waals surface area contributed by atoms with E-state index in [0.717, 1.165) is 5.69 Å². The number of benzene rings is 3. The van der Waals surface area contributed by atoms with Crippen LogP contribution in [0.5, 0.6) is 5.75 Å². The number of carbonyl (C=O) groups is 1. The molecular weight excluding hydrogens is 449 g/mol. The molecule has 3 aromatic carbocycles. The molecule has 1 heterocycles. The number of hydrogen-bond donors (Lipinski definition) is 1. The lowest BCUT2D eigenvalue weighted by Gasteiger charge is -2.09. The zero-order valence-electron chi connectivity index (χ0n) is 17.3. The summed E-state index contributed by atoms with van der Waals surface area (Å²) in [5.74, 6) is -0.606. The first kappa shape index (κ1) is 21.9. The van der Waals surface area contributed by atoms with Crippen molar-refractivity contribution in [1.82, 2.24) is 4.57 Å². The molecule has 4 aromatic rings. The van der Waals surface area contributed by atoms with Gasteiger partial charge < -0.3 is 14.4 Å². The highest BCUT2D eigenvalue weighted by Crippen LogP contribution is 2.42. The van der Waals surface area contributed by atoms with Gasteiger partial charge in [-0.25, -0.2) is 4.79 Å². The molecule has 1 N–H and O–H groups in total. The van der Waals surface area contributed by atoms with Crippen molar-refractivity contribution < 1.29 is 14.6 Å². The molecule has 0 saturated heterocycles. The van der Waals surface area contributed by atoms with Crippen LogP contribution in [0.4, 0.5) is 11.4 Å². The first-order valence-electron chi connectivity index (χ1n) is 9.88. The Labute approximate surface area is 194 Å². The molecule has 32 heavy (non-hydrogen) atoms. The van der Waals surface area contributed by atoms with E-state index in [0.29, 0.717) is 37.9 Å². The smallest absolute Gasteiger partial charge is 0.340 e. The van der Waals surface area contributed by atoms with E-state index in [4.69, 9.17) is 27.9 Å². The summed E-state index contributed by atoms with van der Waals surface area (Å²) in [5.41, 5.74) is 3.18. The molecule has 0 spiro atoms. The van der Waals surface area contributed by atoms with Crippen LogP contribution < -0.4 is 0 Å². The van der Waals surface area contributed by atoms with Gasteiger partial charge in [-0.3, -0.25) is 0 Å². The molecular formula is C24H19Cl2N3O3. The Morgan fingerprint density at radius 2 is 1.59 bits per heavy atom. The van der Waals surface area contributed by atoms with E-state index >= 15 is 0 Å². The Balaban J connectivity index is 1.99. The van der Waals surface area contributed by atoms with Crippen LogP contribution in [0.15, 0.2) is 70.9 Å². The molecule has 1 aromatic heterocycles. The van der Waals surface area contributed by atoms with E-state index in [1.165, 1.54) is 6.07 Å². The van der Waals surface area contributed by atoms with Gasteiger partial charge >= 0.3 is 5.97 Å². The second-order valence-corrected chi connectivity index (χ2v) is 7.87. The van der Waals surface area contributed by atoms with Crippen LogP contribution in [0.25, 0.3) is 16.6 Å². The van der Waals surface area contributed by atoms with Crippen LogP contribution >= 0.6 is 23.2 Å². The van der Waals surface area contributed by atoms with E-state index < -0.39 is 5.97 Å². The molecule has 0 radical (unpaired) electrons. The molecule has 0 aliphatic rings. The zero-order valence-corrected chi connectivity index (χ0v) is 18.9. The summed E-state index contributed by atoms with van der Waals surface area (Å²) in [6.07, 6.45) is 0. The molecule has 8 heteroatoms. The summed E-state index contributed by atoms with van der Waals surface area (Å²) >= 11 is 12.0. The van der Waals surface area contributed by atoms with Crippen LogP contribution in [0, 0.1) is 6.92 Å². The van der Waals surface area contributed by atoms with Gasteiger partial charge in [0.05, 0.1) is 23.4 Å². The van der Waals surface area contributed by atoms with Gasteiger partial charge in [-0.15, -0.1) is 5.11 Å². The maximum absolute atomic E-state index is 12.9. The molecule has 0 amide bonds. The summed E-state index contributed by atoms with van der Waals surface area (Å²) < 4.78 is 7.22. The maximum Gasteiger partial charge on any atom is 0.340 e. The summed E-state index contributed by atoms with van der Waals surface area (Å²) in [4.78, 5) is 12.9. The van der Waals surface area contributed by atoms with Crippen LogP contribution in [-0.4, -0.2) is 22.2 Å². The lowest BCUT2D eigenvalue weighted by atomic mass is 10.1. The van der Waals surface area contributed by atoms with Gasteiger partial charge in [0.2, 0.25) is 0 Å². The minimum atomic E-state index is -0.503. The second kappa shape index (κ2) is 9.02. The molecule has 0 unspecified atom stereocenters. The van der Waals surface area contributed by atoms with E-state index in [2.05, 4.69) is 10.2 Å². The fourth-order valence-corrected chi connectivity index (χ4v) is 3.82. The summed E-state index contributed by atoms with van der Waals surface area (Å²) in [6.45, 7) is 3.77. The van der Waals surface area contributed by atoms with E-state index in [-0.39, 0.29) is 18.0 Å². The SMILES string of the molecule is CCOC(=O)c1c(C)n(-c2ccc(Cl)cc2)c2ccc(O)c(N=Nc3ccc(Cl)cc3)c12. The van der Waals surface area contributed by atoms with Crippen LogP contribution in [0.1, 0.15) is 23.0 Å². The highest BCUT2D eigenvalue weighted by atomic mass is 35.5. The third-order valence-electron chi connectivity index (χ3n) is 4.98. The number of halogens is 2. The molecule has 0 bridgehead atoms. The van der Waals surface area contributed by atoms with Crippen molar-refractivity contribution in [3.05, 3.63) is 82.0 Å². The van der Waals surface area contributed by atoms with Gasteiger partial charge in [0.15, 0.2) is 0 Å². The minimum Gasteiger partial charge on any atom is -0.506 e. The van der Waals surface area contributed by atoms with Gasteiger partial charge in [-0.05, 0) is 74.5 Å². The largest absolute Gasteiger partial charge is 0.506 e. The number of rotatable bonds is 5. The normalized spacial score (nSPS) is 11.4. The molecule has 162 valence electrons. The van der Waals surface area contributed by atoms with E-state index in [1.807, 2.05) is 23.6 Å². The zero-order chi connectivity index (χ0) is 22.8. The van der Waals surface area contributed by atoms with E-state index in [9.17, 15) is 9.90 Å². The fraction of sp³-hybridized carbons (Fsp3) is 0.125. The van der Waals surface area contributed by atoms with Crippen molar-refractivity contribution >= 4 is 51.4 Å². The highest BCUT2D eigenvalue weighted by Gasteiger charge is 2.26. The molecule has 6 nitrogen and oxygen atoms in total. The molecule has 4 rings (SSSR count). The van der Waals surface area contributed by atoms with Crippen molar-refractivity contribution in [2.24, 2.45) is 10.2 Å². The van der Waals surface area contributed by atoms with Crippen molar-refractivity contribution in [1.29, 1.82) is 0 Å². The Bertz CT molecular complexity index is 1330. The second-order valence-electron chi connectivity index (χ2n) is 7.00. The molecule has 0 atom stereocenters. The first-order chi connectivity index (χ1) is 15.4. The number of aromatic hydroxyl groups is 1. The monoisotopic (exact) mass is 467 g/mol. The van der Waals surface area contributed by atoms with Gasteiger partial charge in [0.25, 0.3) is 0 Å². The van der Waals surface area contributed by atoms with Crippen LogP contribution in [0.3, 0.4) is 0 Å². The van der Waals surface area contributed by atoms with Crippen molar-refractivity contribution in [3.63, 3.8) is 0 Å². The van der Waals surface area contributed by atoms with Crippen molar-refractivity contribution in [2.45, 2.75) is 13.8 Å². The number of phenols is 1. The van der Waals surface area contributed by atoms with Crippen molar-refractivity contribution in [2.75, 3.05) is 6.61 Å². The number of hydrogen-bond acceptors (Lipinski definition) is 5. The molecule has 0 saturated carbocycles. The number of aromatic nitrogens is 1. The average Bonchev–Trinajstić information content (AvgIpc) is 3.07. The Hall–Kier alpha value is -3.35. The Morgan fingerprint density at radius 1 is 0.969 bits per heavy atom. The first-order valence-corrected chi connectivity index (χ1v) is 10.6. The van der Waals surface area contributed by atoms with Gasteiger partial charge in [0.1, 0.15) is 11.4 Å². The van der Waals surface area contributed by atoms with Crippen LogP contribution in [-0.2, 0) is 4.74 Å². The summed E-state index contributed by atoms with van der Waals surface area (Å²) in [7, 11) is 0. The minimum absolute atomic E-state index is 0.103. The number of esters is 1. The molecule has 0 fully saturated rings. The van der Waals surface area contributed by atoms with Gasteiger partial charge in [-0.2, -0.15) is 5.11 Å². The Kier molecular flexibility index (Phi) is 6.17. The predicted octanol–water partition coefficient (Wildman–Crippen LogP) is 7.54. The average molecular weight is 468 g/mol. The number of nitrogens with zero attached hydrogens (tertiary/aromatic N) is 3. The lowest BCUT2D eigenvalue weighted by Crippen LogP contribution is -2.07. The lowest BCUT2D eigenvalue weighted by molar-refractivity contribution is 0.0527. The summed E-state index contributed by atoms with van der Waals surface area (Å²) in [5, 5.41) is 20.8. The fourth-order valence-electron chi connectivity index (χ4n) is 3.57. The predicted molar refractivity (Wildman–Crippen MR) is 126 cm³/mol. The number of phenolic OH excluding ortho intramolecular Hbond substituents is 1. The van der Waals surface area contributed by atoms with Crippen LogP contribution in [0.2, 0.25) is 10.0 Å². The standard InChI is InChI=1S/C24H19Cl2N3O3/c1-3-32-24(31)21-14(2)29(18-10-6-16(26)7-11-18)19-12-13-20(30)23(22(19)21)28-27-17-8-4-15(25)5-9-17/h4-13,30H,3H2,1-2H3. The number of fused-ring (bicyclic) bond motifs is 1. The third-order valence-corrected chi connectivity index (χ3v) is 5.48. The van der Waals surface area contributed by atoms with E-state index in [1.54, 1.807) is 49.4 Å². The van der Waals surface area contributed by atoms with Crippen molar-refractivity contribution in [3.8, 4) is 11.4 Å². The molecule has 0 aliphatic heterocycles. The maximum atomic E-state index is 12.9. The van der Waals surface area contributed by atoms with Gasteiger partial charge in [-0.1, -0.05) is 23.2 Å². The molecule has 0 aliphatic carbocycles. The number of azo groups is 1. The quantitative estimate of drug-likeness (QED) is 0.243. The summed E-state index contributed by atoms with van der Waals surface area (Å²) in [6, 6.07) is 17.3.